The van der Waals surface area contributed by atoms with E-state index in [9.17, 15) is 4.79 Å². The summed E-state index contributed by atoms with van der Waals surface area (Å²) in [5.74, 6) is 1.37. The van der Waals surface area contributed by atoms with Gasteiger partial charge in [0, 0.05) is 0 Å². The molecule has 0 saturated heterocycles. The van der Waals surface area contributed by atoms with Crippen molar-refractivity contribution in [2.45, 2.75) is 26.7 Å². The number of unbranched alkanes of at least 4 members (excludes halogenated alkanes) is 1. The lowest BCUT2D eigenvalue weighted by atomic mass is 10.2. The molecule has 2 amide bonds. The molecule has 0 radical (unpaired) electrons. The maximum Gasteiger partial charge on any atom is 0.332 e. The molecule has 0 aliphatic carbocycles. The fraction of sp³-hybridized carbons (Fsp3) is 0.429. The maximum atomic E-state index is 10.5. The molecule has 1 rings (SSSR count). The summed E-state index contributed by atoms with van der Waals surface area (Å²) in [5, 5.41) is 3.70. The van der Waals surface area contributed by atoms with Gasteiger partial charge in [-0.1, -0.05) is 13.3 Å². The average molecular weight is 279 g/mol. The maximum absolute atomic E-state index is 10.5. The van der Waals surface area contributed by atoms with Gasteiger partial charge in [-0.2, -0.15) is 5.10 Å². The number of nitrogens with zero attached hydrogens (tertiary/aromatic N) is 1. The van der Waals surface area contributed by atoms with Gasteiger partial charge in [0.1, 0.15) is 0 Å². The second-order valence-corrected chi connectivity index (χ2v) is 4.08. The van der Waals surface area contributed by atoms with Crippen LogP contribution in [0.5, 0.6) is 11.5 Å². The molecule has 6 heteroatoms. The summed E-state index contributed by atoms with van der Waals surface area (Å²) in [6.45, 7) is 5.22. The average Bonchev–Trinajstić information content (AvgIpc) is 2.41. The van der Waals surface area contributed by atoms with Crippen molar-refractivity contribution in [3.8, 4) is 11.5 Å². The van der Waals surface area contributed by atoms with Gasteiger partial charge in [0.25, 0.3) is 0 Å². The number of carbonyl (C=O) groups excluding carboxylic acids is 1. The van der Waals surface area contributed by atoms with Crippen molar-refractivity contribution in [1.29, 1.82) is 0 Å². The van der Waals surface area contributed by atoms with Crippen LogP contribution < -0.4 is 20.6 Å². The van der Waals surface area contributed by atoms with Crippen LogP contribution in [0.15, 0.2) is 23.3 Å². The third-order valence-corrected chi connectivity index (χ3v) is 2.41. The van der Waals surface area contributed by atoms with E-state index in [1.165, 1.54) is 6.21 Å². The van der Waals surface area contributed by atoms with Crippen molar-refractivity contribution < 1.29 is 14.3 Å². The quantitative estimate of drug-likeness (QED) is 0.435. The van der Waals surface area contributed by atoms with E-state index < -0.39 is 6.03 Å². The lowest BCUT2D eigenvalue weighted by Gasteiger charge is -2.12. The van der Waals surface area contributed by atoms with Gasteiger partial charge in [-0.15, -0.1) is 0 Å². The Bertz CT molecular complexity index is 461. The first kappa shape index (κ1) is 15.8. The summed E-state index contributed by atoms with van der Waals surface area (Å²) in [5.41, 5.74) is 7.84. The fourth-order valence-electron chi connectivity index (χ4n) is 1.49. The Kier molecular flexibility index (Phi) is 6.95. The van der Waals surface area contributed by atoms with E-state index in [4.69, 9.17) is 15.2 Å². The molecule has 0 saturated carbocycles. The first-order valence-corrected chi connectivity index (χ1v) is 6.65. The highest BCUT2D eigenvalue weighted by Gasteiger charge is 2.05. The normalized spacial score (nSPS) is 10.5. The van der Waals surface area contributed by atoms with E-state index in [1.54, 1.807) is 6.07 Å². The summed E-state index contributed by atoms with van der Waals surface area (Å²) in [7, 11) is 0. The number of amides is 2. The van der Waals surface area contributed by atoms with E-state index in [1.807, 2.05) is 19.1 Å². The molecule has 0 fully saturated rings. The van der Waals surface area contributed by atoms with Crippen molar-refractivity contribution >= 4 is 12.2 Å². The second kappa shape index (κ2) is 8.79. The number of rotatable bonds is 8. The van der Waals surface area contributed by atoms with Crippen LogP contribution >= 0.6 is 0 Å². The van der Waals surface area contributed by atoms with Crippen molar-refractivity contribution in [2.24, 2.45) is 10.8 Å². The van der Waals surface area contributed by atoms with Gasteiger partial charge in [-0.25, -0.2) is 10.2 Å². The van der Waals surface area contributed by atoms with Gasteiger partial charge in [0.15, 0.2) is 11.5 Å². The predicted molar refractivity (Wildman–Crippen MR) is 78.3 cm³/mol. The minimum atomic E-state index is -0.703. The molecular weight excluding hydrogens is 258 g/mol. The van der Waals surface area contributed by atoms with Crippen LogP contribution in [0, 0.1) is 0 Å². The molecule has 0 atom stereocenters. The molecule has 1 aromatic rings. The van der Waals surface area contributed by atoms with Gasteiger partial charge in [0.2, 0.25) is 0 Å². The molecule has 0 aromatic heterocycles. The number of nitrogens with two attached hydrogens (primary N) is 1. The zero-order valence-corrected chi connectivity index (χ0v) is 11.9. The summed E-state index contributed by atoms with van der Waals surface area (Å²) in [6, 6.07) is 4.75. The third-order valence-electron chi connectivity index (χ3n) is 2.41. The van der Waals surface area contributed by atoms with E-state index in [0.717, 1.165) is 18.4 Å². The standard InChI is InChI=1S/C14H21N3O3/c1-3-5-8-20-12-7-6-11(9-13(12)19-4-2)10-16-17-14(15)18/h6-7,9-10H,3-5,8H2,1-2H3,(H3,15,17,18)/b16-10-. The molecule has 20 heavy (non-hydrogen) atoms. The Morgan fingerprint density at radius 1 is 1.35 bits per heavy atom. The summed E-state index contributed by atoms with van der Waals surface area (Å²) < 4.78 is 11.2. The highest BCUT2D eigenvalue weighted by Crippen LogP contribution is 2.28. The third kappa shape index (κ3) is 5.60. The van der Waals surface area contributed by atoms with Crippen LogP contribution in [0.3, 0.4) is 0 Å². The van der Waals surface area contributed by atoms with Gasteiger partial charge in [0.05, 0.1) is 19.4 Å². The molecule has 0 bridgehead atoms. The Balaban J connectivity index is 2.77. The molecule has 0 heterocycles. The minimum absolute atomic E-state index is 0.546. The summed E-state index contributed by atoms with van der Waals surface area (Å²) in [4.78, 5) is 10.5. The van der Waals surface area contributed by atoms with Crippen LogP contribution in [0.25, 0.3) is 0 Å². The molecule has 1 aromatic carbocycles. The smallest absolute Gasteiger partial charge is 0.332 e. The van der Waals surface area contributed by atoms with E-state index in [-0.39, 0.29) is 0 Å². The monoisotopic (exact) mass is 279 g/mol. The van der Waals surface area contributed by atoms with E-state index in [2.05, 4.69) is 17.5 Å². The molecule has 0 aliphatic rings. The number of primary amides is 1. The molecule has 3 N–H and O–H groups in total. The molecular formula is C14H21N3O3. The number of benzene rings is 1. The Morgan fingerprint density at radius 3 is 2.80 bits per heavy atom. The lowest BCUT2D eigenvalue weighted by molar-refractivity contribution is 0.249. The molecule has 0 spiro atoms. The largest absolute Gasteiger partial charge is 0.490 e. The Hall–Kier alpha value is -2.24. The second-order valence-electron chi connectivity index (χ2n) is 4.08. The predicted octanol–water partition coefficient (Wildman–Crippen LogP) is 2.27. The van der Waals surface area contributed by atoms with Crippen LogP contribution in [-0.2, 0) is 0 Å². The van der Waals surface area contributed by atoms with Crippen molar-refractivity contribution in [1.82, 2.24) is 5.43 Å². The summed E-state index contributed by atoms with van der Waals surface area (Å²) in [6.07, 6.45) is 3.56. The SMILES string of the molecule is CCCCOc1ccc(/C=N\NC(N)=O)cc1OCC. The van der Waals surface area contributed by atoms with Crippen molar-refractivity contribution in [2.75, 3.05) is 13.2 Å². The van der Waals surface area contributed by atoms with Gasteiger partial charge >= 0.3 is 6.03 Å². The Morgan fingerprint density at radius 2 is 2.15 bits per heavy atom. The van der Waals surface area contributed by atoms with E-state index >= 15 is 0 Å². The van der Waals surface area contributed by atoms with Crippen LogP contribution in [0.2, 0.25) is 0 Å². The number of urea groups is 1. The number of nitrogens with one attached hydrogen (secondary N) is 1. The molecule has 110 valence electrons. The highest BCUT2D eigenvalue weighted by molar-refractivity contribution is 5.82. The first-order valence-electron chi connectivity index (χ1n) is 6.65. The number of hydrogen-bond acceptors (Lipinski definition) is 4. The number of hydrogen-bond donors (Lipinski definition) is 2. The number of carbonyl (C=O) groups is 1. The highest BCUT2D eigenvalue weighted by atomic mass is 16.5. The number of ether oxygens (including phenoxy) is 2. The fourth-order valence-corrected chi connectivity index (χ4v) is 1.49. The van der Waals surface area contributed by atoms with Crippen molar-refractivity contribution in [3.05, 3.63) is 23.8 Å². The van der Waals surface area contributed by atoms with E-state index in [0.29, 0.717) is 24.7 Å². The van der Waals surface area contributed by atoms with Crippen LogP contribution in [-0.4, -0.2) is 25.5 Å². The molecule has 0 unspecified atom stereocenters. The zero-order valence-electron chi connectivity index (χ0n) is 11.9. The summed E-state index contributed by atoms with van der Waals surface area (Å²) >= 11 is 0. The number of hydrazone groups is 1. The van der Waals surface area contributed by atoms with Gasteiger partial charge < -0.3 is 15.2 Å². The van der Waals surface area contributed by atoms with Crippen LogP contribution in [0.1, 0.15) is 32.3 Å². The van der Waals surface area contributed by atoms with Gasteiger partial charge in [-0.05, 0) is 37.1 Å². The minimum Gasteiger partial charge on any atom is -0.490 e. The molecule has 6 nitrogen and oxygen atoms in total. The lowest BCUT2D eigenvalue weighted by Crippen LogP contribution is -2.24. The zero-order chi connectivity index (χ0) is 14.8. The Labute approximate surface area is 118 Å². The van der Waals surface area contributed by atoms with Gasteiger partial charge in [-0.3, -0.25) is 0 Å². The topological polar surface area (TPSA) is 85.9 Å². The first-order chi connectivity index (χ1) is 9.67. The van der Waals surface area contributed by atoms with Crippen LogP contribution in [0.4, 0.5) is 4.79 Å². The van der Waals surface area contributed by atoms with Crippen molar-refractivity contribution in [3.63, 3.8) is 0 Å². The molecule has 0 aliphatic heterocycles.